The van der Waals surface area contributed by atoms with Gasteiger partial charge in [0, 0.05) is 11.1 Å². The first-order valence-electron chi connectivity index (χ1n) is 8.26. The largest absolute Gasteiger partial charge is 0.416 e. The summed E-state index contributed by atoms with van der Waals surface area (Å²) in [6.45, 7) is 0. The minimum absolute atomic E-state index is 0.0268. The van der Waals surface area contributed by atoms with Crippen molar-refractivity contribution in [1.29, 1.82) is 0 Å². The van der Waals surface area contributed by atoms with Gasteiger partial charge in [0.05, 0.1) is 33.1 Å². The van der Waals surface area contributed by atoms with Crippen LogP contribution in [0.4, 0.5) is 13.2 Å². The molecule has 2 aromatic heterocycles. The predicted molar refractivity (Wildman–Crippen MR) is 100 cm³/mol. The predicted octanol–water partition coefficient (Wildman–Crippen LogP) is 2.79. The molecule has 0 spiro atoms. The highest BCUT2D eigenvalue weighted by atomic mass is 32.2. The average Bonchev–Trinajstić information content (AvgIpc) is 3.18. The molecule has 2 N–H and O–H groups in total. The maximum atomic E-state index is 13.0. The van der Waals surface area contributed by atoms with E-state index in [4.69, 9.17) is 0 Å². The molecule has 2 heterocycles. The zero-order valence-corrected chi connectivity index (χ0v) is 15.6. The number of nitrogens with one attached hydrogen (secondary N) is 2. The summed E-state index contributed by atoms with van der Waals surface area (Å²) in [6.07, 6.45) is -3.21. The molecule has 0 saturated heterocycles. The smallest absolute Gasteiger partial charge is 0.277 e. The van der Waals surface area contributed by atoms with Crippen molar-refractivity contribution in [3.8, 4) is 5.69 Å². The second-order valence-corrected chi connectivity index (χ2v) is 8.12. The van der Waals surface area contributed by atoms with E-state index in [1.807, 2.05) is 0 Å². The first-order valence-corrected chi connectivity index (χ1v) is 9.75. The molecule has 2 aromatic carbocycles. The molecule has 150 valence electrons. The van der Waals surface area contributed by atoms with Crippen LogP contribution in [0.3, 0.4) is 0 Å². The van der Waals surface area contributed by atoms with E-state index in [0.29, 0.717) is 16.4 Å². The van der Waals surface area contributed by atoms with Gasteiger partial charge in [0.1, 0.15) is 0 Å². The number of benzene rings is 2. The highest BCUT2D eigenvalue weighted by Crippen LogP contribution is 2.31. The molecule has 4 rings (SSSR count). The van der Waals surface area contributed by atoms with Crippen LogP contribution in [0, 0.1) is 0 Å². The fourth-order valence-corrected chi connectivity index (χ4v) is 3.89. The van der Waals surface area contributed by atoms with Gasteiger partial charge >= 0.3 is 6.18 Å². The maximum absolute atomic E-state index is 13.0. The lowest BCUT2D eigenvalue weighted by Gasteiger charge is -2.14. The molecular formula is C18H13F3N4O3S. The fourth-order valence-electron chi connectivity index (χ4n) is 3.13. The zero-order chi connectivity index (χ0) is 21.0. The molecule has 7 nitrogen and oxygen atoms in total. The van der Waals surface area contributed by atoms with Gasteiger partial charge in [0.2, 0.25) is 10.0 Å². The lowest BCUT2D eigenvalue weighted by Crippen LogP contribution is -2.20. The molecule has 0 fully saturated rings. The quantitative estimate of drug-likeness (QED) is 0.531. The number of H-pyrrole nitrogens is 1. The Labute approximate surface area is 161 Å². The number of sulfonamides is 1. The normalized spacial score (nSPS) is 12.7. The van der Waals surface area contributed by atoms with Crippen molar-refractivity contribution in [2.75, 3.05) is 7.05 Å². The van der Waals surface area contributed by atoms with E-state index in [-0.39, 0.29) is 16.0 Å². The third-order valence-electron chi connectivity index (χ3n) is 4.58. The van der Waals surface area contributed by atoms with Gasteiger partial charge in [-0.3, -0.25) is 14.5 Å². The summed E-state index contributed by atoms with van der Waals surface area (Å²) in [6, 6.07) is 8.26. The van der Waals surface area contributed by atoms with Crippen LogP contribution < -0.4 is 10.3 Å². The SMILES string of the molecule is CNS(=O)(=O)c1ccc2c(c1)c1[nH]ncc1c(=O)n2-c1ccc(C(F)(F)F)cc1. The van der Waals surface area contributed by atoms with Crippen molar-refractivity contribution in [2.45, 2.75) is 11.1 Å². The fraction of sp³-hybridized carbons (Fsp3) is 0.111. The Hall–Kier alpha value is -3.18. The number of pyridine rings is 1. The summed E-state index contributed by atoms with van der Waals surface area (Å²) in [5, 5.41) is 7.09. The number of halogens is 3. The van der Waals surface area contributed by atoms with E-state index in [9.17, 15) is 26.4 Å². The second-order valence-electron chi connectivity index (χ2n) is 6.23. The summed E-state index contributed by atoms with van der Waals surface area (Å²) in [5.41, 5.74) is -0.473. The van der Waals surface area contributed by atoms with Crippen LogP contribution in [0.2, 0.25) is 0 Å². The number of hydrogen-bond acceptors (Lipinski definition) is 4. The lowest BCUT2D eigenvalue weighted by molar-refractivity contribution is -0.137. The molecule has 0 atom stereocenters. The summed E-state index contributed by atoms with van der Waals surface area (Å²) in [7, 11) is -2.48. The molecule has 0 bridgehead atoms. The molecule has 0 aliphatic rings. The first kappa shape index (κ1) is 19.2. The van der Waals surface area contributed by atoms with Gasteiger partial charge in [-0.05, 0) is 49.5 Å². The third kappa shape index (κ3) is 3.08. The molecule has 4 aromatic rings. The molecule has 0 aliphatic carbocycles. The molecule has 0 amide bonds. The minimum atomic E-state index is -4.50. The van der Waals surface area contributed by atoms with Crippen molar-refractivity contribution in [1.82, 2.24) is 19.5 Å². The van der Waals surface area contributed by atoms with Crippen LogP contribution >= 0.6 is 0 Å². The standard InChI is InChI=1S/C18H13F3N4O3S/c1-22-29(27,28)12-6-7-15-13(8-12)16-14(9-23-24-16)17(26)25(15)11-4-2-10(3-5-11)18(19,20)21/h2-9,22H,1H3,(H,23,24). The van der Waals surface area contributed by atoms with Crippen LogP contribution in [-0.2, 0) is 16.2 Å². The highest BCUT2D eigenvalue weighted by Gasteiger charge is 2.30. The number of alkyl halides is 3. The van der Waals surface area contributed by atoms with Crippen LogP contribution in [-0.4, -0.2) is 30.2 Å². The van der Waals surface area contributed by atoms with E-state index in [0.717, 1.165) is 12.1 Å². The average molecular weight is 422 g/mol. The Morgan fingerprint density at radius 1 is 1.07 bits per heavy atom. The van der Waals surface area contributed by atoms with Crippen LogP contribution in [0.15, 0.2) is 58.4 Å². The summed E-state index contributed by atoms with van der Waals surface area (Å²) in [4.78, 5) is 12.9. The molecule has 0 radical (unpaired) electrons. The monoisotopic (exact) mass is 422 g/mol. The third-order valence-corrected chi connectivity index (χ3v) is 5.99. The van der Waals surface area contributed by atoms with Gasteiger partial charge in [-0.25, -0.2) is 13.1 Å². The van der Waals surface area contributed by atoms with E-state index in [1.165, 1.54) is 48.1 Å². The molecule has 0 saturated carbocycles. The van der Waals surface area contributed by atoms with E-state index in [2.05, 4.69) is 14.9 Å². The van der Waals surface area contributed by atoms with Crippen LogP contribution in [0.25, 0.3) is 27.5 Å². The lowest BCUT2D eigenvalue weighted by atomic mass is 10.1. The summed E-state index contributed by atoms with van der Waals surface area (Å²) < 4.78 is 66.4. The topological polar surface area (TPSA) is 96.8 Å². The van der Waals surface area contributed by atoms with Crippen LogP contribution in [0.1, 0.15) is 5.56 Å². The van der Waals surface area contributed by atoms with Gasteiger partial charge in [-0.2, -0.15) is 18.3 Å². The van der Waals surface area contributed by atoms with E-state index >= 15 is 0 Å². The number of aromatic nitrogens is 3. The van der Waals surface area contributed by atoms with E-state index < -0.39 is 27.3 Å². The van der Waals surface area contributed by atoms with Gasteiger partial charge in [0.15, 0.2) is 0 Å². The van der Waals surface area contributed by atoms with Crippen LogP contribution in [0.5, 0.6) is 0 Å². The molecule has 11 heteroatoms. The number of fused-ring (bicyclic) bond motifs is 3. The molecule has 29 heavy (non-hydrogen) atoms. The van der Waals surface area contributed by atoms with Crippen molar-refractivity contribution in [3.63, 3.8) is 0 Å². The zero-order valence-electron chi connectivity index (χ0n) is 14.8. The number of hydrogen-bond donors (Lipinski definition) is 2. The van der Waals surface area contributed by atoms with Crippen molar-refractivity contribution >= 4 is 31.8 Å². The van der Waals surface area contributed by atoms with Gasteiger partial charge in [0.25, 0.3) is 5.56 Å². The Bertz CT molecular complexity index is 1400. The van der Waals surface area contributed by atoms with Gasteiger partial charge < -0.3 is 0 Å². The molecule has 0 unspecified atom stereocenters. The summed E-state index contributed by atoms with van der Waals surface area (Å²) >= 11 is 0. The first-order chi connectivity index (χ1) is 13.6. The summed E-state index contributed by atoms with van der Waals surface area (Å²) in [5.74, 6) is 0. The molecule has 0 aliphatic heterocycles. The Morgan fingerprint density at radius 3 is 2.38 bits per heavy atom. The Balaban J connectivity index is 2.06. The molecular weight excluding hydrogens is 409 g/mol. The second kappa shape index (κ2) is 6.42. The number of nitrogens with zero attached hydrogens (tertiary/aromatic N) is 2. The number of aromatic amines is 1. The minimum Gasteiger partial charge on any atom is -0.277 e. The van der Waals surface area contributed by atoms with Gasteiger partial charge in [-0.15, -0.1) is 0 Å². The van der Waals surface area contributed by atoms with Crippen molar-refractivity contribution in [3.05, 3.63) is 64.6 Å². The maximum Gasteiger partial charge on any atom is 0.416 e. The van der Waals surface area contributed by atoms with Crippen molar-refractivity contribution < 1.29 is 21.6 Å². The highest BCUT2D eigenvalue weighted by molar-refractivity contribution is 7.89. The number of rotatable bonds is 3. The Kier molecular flexibility index (Phi) is 4.24. The van der Waals surface area contributed by atoms with E-state index in [1.54, 1.807) is 0 Å². The Morgan fingerprint density at radius 2 is 1.76 bits per heavy atom. The van der Waals surface area contributed by atoms with Gasteiger partial charge in [-0.1, -0.05) is 0 Å². The van der Waals surface area contributed by atoms with Crippen molar-refractivity contribution in [2.24, 2.45) is 0 Å².